The summed E-state index contributed by atoms with van der Waals surface area (Å²) in [6.07, 6.45) is 1.29. The highest BCUT2D eigenvalue weighted by atomic mass is 32.1. The number of nitrogens with zero attached hydrogens (tertiary/aromatic N) is 1. The SMILES string of the molecule is CCNC1CCN(Cc2ccc(C)s2)CC1C. The van der Waals surface area contributed by atoms with Gasteiger partial charge in [0.05, 0.1) is 0 Å². The number of piperidine rings is 1. The molecule has 1 aliphatic heterocycles. The first-order valence-electron chi connectivity index (χ1n) is 6.70. The van der Waals surface area contributed by atoms with Gasteiger partial charge in [-0.05, 0) is 37.9 Å². The fourth-order valence-electron chi connectivity index (χ4n) is 2.73. The van der Waals surface area contributed by atoms with Crippen molar-refractivity contribution < 1.29 is 0 Å². The standard InChI is InChI=1S/C14H24N2S/c1-4-15-14-7-8-16(9-11(14)2)10-13-6-5-12(3)17-13/h5-6,11,14-15H,4,7-10H2,1-3H3. The summed E-state index contributed by atoms with van der Waals surface area (Å²) >= 11 is 1.94. The Hall–Kier alpha value is -0.380. The van der Waals surface area contributed by atoms with Crippen LogP contribution in [0.25, 0.3) is 0 Å². The Labute approximate surface area is 109 Å². The van der Waals surface area contributed by atoms with Crippen molar-refractivity contribution in [2.45, 2.75) is 39.8 Å². The summed E-state index contributed by atoms with van der Waals surface area (Å²) in [7, 11) is 0. The third kappa shape index (κ3) is 3.54. The van der Waals surface area contributed by atoms with Crippen molar-refractivity contribution in [3.8, 4) is 0 Å². The summed E-state index contributed by atoms with van der Waals surface area (Å²) in [5.41, 5.74) is 0. The van der Waals surface area contributed by atoms with Crippen molar-refractivity contribution in [2.75, 3.05) is 19.6 Å². The summed E-state index contributed by atoms with van der Waals surface area (Å²) in [5.74, 6) is 0.768. The Morgan fingerprint density at radius 3 is 2.88 bits per heavy atom. The second-order valence-corrected chi connectivity index (χ2v) is 6.55. The van der Waals surface area contributed by atoms with Gasteiger partial charge in [0.1, 0.15) is 0 Å². The lowest BCUT2D eigenvalue weighted by molar-refractivity contribution is 0.143. The van der Waals surface area contributed by atoms with Crippen LogP contribution >= 0.6 is 11.3 Å². The molecule has 0 radical (unpaired) electrons. The first kappa shape index (κ1) is 13.1. The molecule has 2 rings (SSSR count). The van der Waals surface area contributed by atoms with E-state index >= 15 is 0 Å². The van der Waals surface area contributed by atoms with Crippen LogP contribution in [0, 0.1) is 12.8 Å². The lowest BCUT2D eigenvalue weighted by atomic mass is 9.94. The molecule has 3 heteroatoms. The van der Waals surface area contributed by atoms with Crippen molar-refractivity contribution in [3.63, 3.8) is 0 Å². The van der Waals surface area contributed by atoms with Crippen molar-refractivity contribution in [3.05, 3.63) is 21.9 Å². The Bertz CT molecular complexity index is 348. The van der Waals surface area contributed by atoms with Crippen LogP contribution in [-0.2, 0) is 6.54 Å². The van der Waals surface area contributed by atoms with E-state index in [2.05, 4.69) is 43.1 Å². The highest BCUT2D eigenvalue weighted by Gasteiger charge is 2.25. The van der Waals surface area contributed by atoms with Crippen LogP contribution < -0.4 is 5.32 Å². The van der Waals surface area contributed by atoms with Crippen molar-refractivity contribution in [2.24, 2.45) is 5.92 Å². The molecule has 17 heavy (non-hydrogen) atoms. The zero-order chi connectivity index (χ0) is 12.3. The van der Waals surface area contributed by atoms with E-state index in [4.69, 9.17) is 0 Å². The van der Waals surface area contributed by atoms with Gasteiger partial charge in [-0.1, -0.05) is 13.8 Å². The van der Waals surface area contributed by atoms with Crippen LogP contribution in [0.4, 0.5) is 0 Å². The van der Waals surface area contributed by atoms with Crippen LogP contribution in [0.3, 0.4) is 0 Å². The largest absolute Gasteiger partial charge is 0.314 e. The average molecular weight is 252 g/mol. The maximum absolute atomic E-state index is 3.60. The Balaban J connectivity index is 1.85. The van der Waals surface area contributed by atoms with Crippen LogP contribution in [0.1, 0.15) is 30.0 Å². The Kier molecular flexibility index (Phi) is 4.60. The second kappa shape index (κ2) is 5.98. The van der Waals surface area contributed by atoms with Gasteiger partial charge in [0.2, 0.25) is 0 Å². The smallest absolute Gasteiger partial charge is 0.0328 e. The fourth-order valence-corrected chi connectivity index (χ4v) is 3.66. The van der Waals surface area contributed by atoms with Gasteiger partial charge in [0.15, 0.2) is 0 Å². The molecule has 2 nitrogen and oxygen atoms in total. The van der Waals surface area contributed by atoms with Gasteiger partial charge < -0.3 is 5.32 Å². The molecular formula is C14H24N2S. The number of hydrogen-bond donors (Lipinski definition) is 1. The topological polar surface area (TPSA) is 15.3 Å². The lowest BCUT2D eigenvalue weighted by Gasteiger charge is -2.37. The summed E-state index contributed by atoms with van der Waals surface area (Å²) < 4.78 is 0. The predicted molar refractivity (Wildman–Crippen MR) is 75.6 cm³/mol. The quantitative estimate of drug-likeness (QED) is 0.886. The molecule has 0 aromatic carbocycles. The normalized spacial score (nSPS) is 26.3. The zero-order valence-electron chi connectivity index (χ0n) is 11.2. The molecule has 0 amide bonds. The van der Waals surface area contributed by atoms with Gasteiger partial charge >= 0.3 is 0 Å². The fraction of sp³-hybridized carbons (Fsp3) is 0.714. The minimum Gasteiger partial charge on any atom is -0.314 e. The maximum Gasteiger partial charge on any atom is 0.0328 e. The molecule has 96 valence electrons. The van der Waals surface area contributed by atoms with Gasteiger partial charge in [0.25, 0.3) is 0 Å². The molecule has 1 aliphatic rings. The molecule has 2 unspecified atom stereocenters. The number of rotatable bonds is 4. The molecule has 0 spiro atoms. The first-order valence-corrected chi connectivity index (χ1v) is 7.51. The summed E-state index contributed by atoms with van der Waals surface area (Å²) in [6.45, 7) is 11.5. The number of hydrogen-bond acceptors (Lipinski definition) is 3. The molecule has 1 aromatic heterocycles. The molecular weight excluding hydrogens is 228 g/mol. The highest BCUT2D eigenvalue weighted by molar-refractivity contribution is 7.11. The van der Waals surface area contributed by atoms with E-state index in [1.165, 1.54) is 29.3 Å². The molecule has 0 aliphatic carbocycles. The third-order valence-corrected chi connectivity index (χ3v) is 4.62. The molecule has 1 fully saturated rings. The van der Waals surface area contributed by atoms with Crippen molar-refractivity contribution >= 4 is 11.3 Å². The molecule has 2 heterocycles. The minimum atomic E-state index is 0.723. The number of thiophene rings is 1. The molecule has 1 saturated heterocycles. The Morgan fingerprint density at radius 1 is 1.47 bits per heavy atom. The van der Waals surface area contributed by atoms with E-state index < -0.39 is 0 Å². The van der Waals surface area contributed by atoms with Crippen molar-refractivity contribution in [1.82, 2.24) is 10.2 Å². The zero-order valence-corrected chi connectivity index (χ0v) is 12.0. The first-order chi connectivity index (χ1) is 8.19. The predicted octanol–water partition coefficient (Wildman–Crippen LogP) is 2.88. The van der Waals surface area contributed by atoms with E-state index in [1.807, 2.05) is 11.3 Å². The third-order valence-electron chi connectivity index (χ3n) is 3.63. The van der Waals surface area contributed by atoms with Crippen LogP contribution in [-0.4, -0.2) is 30.6 Å². The van der Waals surface area contributed by atoms with E-state index in [1.54, 1.807) is 0 Å². The lowest BCUT2D eigenvalue weighted by Crippen LogP contribution is -2.47. The van der Waals surface area contributed by atoms with E-state index in [-0.39, 0.29) is 0 Å². The van der Waals surface area contributed by atoms with Gasteiger partial charge in [-0.2, -0.15) is 0 Å². The monoisotopic (exact) mass is 252 g/mol. The van der Waals surface area contributed by atoms with Gasteiger partial charge in [0, 0.05) is 35.4 Å². The summed E-state index contributed by atoms with van der Waals surface area (Å²) in [6, 6.07) is 5.23. The molecule has 0 bridgehead atoms. The highest BCUT2D eigenvalue weighted by Crippen LogP contribution is 2.22. The second-order valence-electron chi connectivity index (χ2n) is 5.18. The van der Waals surface area contributed by atoms with Crippen LogP contribution in [0.2, 0.25) is 0 Å². The van der Waals surface area contributed by atoms with Gasteiger partial charge in [-0.25, -0.2) is 0 Å². The van der Waals surface area contributed by atoms with E-state index in [0.29, 0.717) is 0 Å². The molecule has 0 saturated carbocycles. The minimum absolute atomic E-state index is 0.723. The van der Waals surface area contributed by atoms with Crippen LogP contribution in [0.5, 0.6) is 0 Å². The summed E-state index contributed by atoms with van der Waals surface area (Å²) in [5, 5.41) is 3.60. The van der Waals surface area contributed by atoms with Gasteiger partial charge in [-0.15, -0.1) is 11.3 Å². The van der Waals surface area contributed by atoms with Crippen LogP contribution in [0.15, 0.2) is 12.1 Å². The van der Waals surface area contributed by atoms with Gasteiger partial charge in [-0.3, -0.25) is 4.90 Å². The van der Waals surface area contributed by atoms with E-state index in [0.717, 1.165) is 25.0 Å². The average Bonchev–Trinajstić information content (AvgIpc) is 2.68. The number of likely N-dealkylation sites (tertiary alicyclic amines) is 1. The number of nitrogens with one attached hydrogen (secondary N) is 1. The Morgan fingerprint density at radius 2 is 2.29 bits per heavy atom. The molecule has 1 aromatic rings. The maximum atomic E-state index is 3.60. The summed E-state index contributed by atoms with van der Waals surface area (Å²) in [4.78, 5) is 5.54. The molecule has 2 atom stereocenters. The van der Waals surface area contributed by atoms with Crippen molar-refractivity contribution in [1.29, 1.82) is 0 Å². The van der Waals surface area contributed by atoms with E-state index in [9.17, 15) is 0 Å². The number of aryl methyl sites for hydroxylation is 1. The molecule has 1 N–H and O–H groups in total.